The number of benzene rings is 4. The molecule has 1 aromatic heterocycles. The highest BCUT2D eigenvalue weighted by Crippen LogP contribution is 2.33. The number of para-hydroxylation sites is 1. The minimum Gasteiger partial charge on any atom is -0.494 e. The van der Waals surface area contributed by atoms with Gasteiger partial charge in [-0.05, 0) is 162 Å². The molecule has 0 spiro atoms. The number of anilines is 1. The molecule has 2 fully saturated rings. The molecule has 5 aromatic rings. The maximum absolute atomic E-state index is 13.1. The third kappa shape index (κ3) is 26.2. The van der Waals surface area contributed by atoms with Crippen molar-refractivity contribution in [2.45, 2.75) is 148 Å². The van der Waals surface area contributed by atoms with Crippen molar-refractivity contribution in [1.29, 1.82) is 0 Å². The van der Waals surface area contributed by atoms with Crippen LogP contribution in [0.5, 0.6) is 34.5 Å². The Balaban J connectivity index is 0.000000258. The van der Waals surface area contributed by atoms with Crippen molar-refractivity contribution in [1.82, 2.24) is 4.98 Å². The quantitative estimate of drug-likeness (QED) is 0.00714. The molecule has 2 saturated carbocycles. The number of thiazole rings is 1. The van der Waals surface area contributed by atoms with Crippen LogP contribution < -0.4 is 33.4 Å². The zero-order valence-electron chi connectivity index (χ0n) is 48.7. The van der Waals surface area contributed by atoms with E-state index in [4.69, 9.17) is 38.5 Å². The topological polar surface area (TPSA) is 205 Å². The van der Waals surface area contributed by atoms with E-state index in [2.05, 4.69) is 35.6 Å². The van der Waals surface area contributed by atoms with Crippen molar-refractivity contribution < 1.29 is 66.7 Å². The van der Waals surface area contributed by atoms with Crippen LogP contribution in [-0.2, 0) is 38.2 Å². The molecule has 0 unspecified atom stereocenters. The molecule has 0 amide bonds. The number of nitrogens with zero attached hydrogens (tertiary/aromatic N) is 3. The lowest BCUT2D eigenvalue weighted by molar-refractivity contribution is -0.141. The summed E-state index contributed by atoms with van der Waals surface area (Å²) in [4.78, 5) is 72.7. The lowest BCUT2D eigenvalue weighted by atomic mass is 9.89. The highest BCUT2D eigenvalue weighted by atomic mass is 32.1. The molecule has 1 heterocycles. The van der Waals surface area contributed by atoms with Crippen molar-refractivity contribution >= 4 is 69.7 Å². The summed E-state index contributed by atoms with van der Waals surface area (Å²) in [5.74, 6) is 2.08. The van der Waals surface area contributed by atoms with Gasteiger partial charge in [-0.15, -0.1) is 0 Å². The molecular formula is C66H83N3O14S. The molecule has 4 aromatic carbocycles. The summed E-state index contributed by atoms with van der Waals surface area (Å²) in [5, 5.41) is 7.63. The molecular weight excluding hydrogens is 1090 g/mol. The first kappa shape index (κ1) is 66.9. The summed E-state index contributed by atoms with van der Waals surface area (Å²) in [5.41, 5.74) is 1.55. The second kappa shape index (κ2) is 40.4. The van der Waals surface area contributed by atoms with E-state index in [0.29, 0.717) is 67.9 Å². The number of unbranched alkanes of at least 4 members (excludes halogenated alkanes) is 9. The molecule has 2 aliphatic carbocycles. The van der Waals surface area contributed by atoms with Crippen molar-refractivity contribution in [3.05, 3.63) is 122 Å². The third-order valence-electron chi connectivity index (χ3n) is 13.8. The Bertz CT molecular complexity index is 2670. The van der Waals surface area contributed by atoms with Gasteiger partial charge in [0, 0.05) is 24.3 Å². The molecule has 84 heavy (non-hydrogen) atoms. The fourth-order valence-corrected chi connectivity index (χ4v) is 10.1. The molecule has 0 atom stereocenters. The second-order valence-electron chi connectivity index (χ2n) is 20.2. The zero-order valence-corrected chi connectivity index (χ0v) is 49.5. The van der Waals surface area contributed by atoms with E-state index in [-0.39, 0.29) is 35.7 Å². The minimum absolute atomic E-state index is 0.0580. The number of fused-ring (bicyclic) bond motifs is 1. The van der Waals surface area contributed by atoms with Gasteiger partial charge < -0.3 is 37.9 Å². The Morgan fingerprint density at radius 1 is 0.571 bits per heavy atom. The Kier molecular flexibility index (Phi) is 32.2. The average molecular weight is 1170 g/mol. The molecule has 17 nitrogen and oxygen atoms in total. The third-order valence-corrected chi connectivity index (χ3v) is 14.9. The molecule has 2 aliphatic rings. The van der Waals surface area contributed by atoms with E-state index in [9.17, 15) is 28.8 Å². The summed E-state index contributed by atoms with van der Waals surface area (Å²) >= 11 is 1.61. The van der Waals surface area contributed by atoms with Crippen LogP contribution in [0.15, 0.2) is 121 Å². The van der Waals surface area contributed by atoms with Crippen LogP contribution in [0.4, 0.5) is 5.13 Å². The average Bonchev–Trinajstić information content (AvgIpc) is 4.21. The monoisotopic (exact) mass is 1170 g/mol. The van der Waals surface area contributed by atoms with Gasteiger partial charge in [0.15, 0.2) is 0 Å². The zero-order chi connectivity index (χ0) is 59.8. The van der Waals surface area contributed by atoms with Crippen molar-refractivity contribution in [3.8, 4) is 34.5 Å². The normalized spacial score (nSPS) is 13.2. The standard InChI is InChI=1S/C34H43N3O4S.2C16H20O5/c1-2-3-4-13-22-37(34-36-29-18-11-12-19-31(29)42-34)35-24-27-23-28(40-32(38)25-14-7-5-8-15-25)20-21-30(27)41-33(39)26-16-9-6-10-17-26;2*1-2-16(18)20-12-6-4-3-5-11-19-14-7-9-15(10-8-14)21-13-17/h11-12,18-21,23-26H,2-10,13-17,22H2,1H3;2*2,7-10,13H,1,3-6,11-12H2/b35-24-;;. The van der Waals surface area contributed by atoms with Crippen LogP contribution in [0, 0.1) is 11.8 Å². The lowest BCUT2D eigenvalue weighted by Gasteiger charge is -2.21. The van der Waals surface area contributed by atoms with Crippen LogP contribution in [-0.4, -0.2) is 81.0 Å². The summed E-state index contributed by atoms with van der Waals surface area (Å²) < 4.78 is 43.1. The van der Waals surface area contributed by atoms with Crippen LogP contribution in [0.2, 0.25) is 0 Å². The highest BCUT2D eigenvalue weighted by molar-refractivity contribution is 7.22. The van der Waals surface area contributed by atoms with Gasteiger partial charge in [0.2, 0.25) is 5.13 Å². The van der Waals surface area contributed by atoms with Crippen molar-refractivity contribution in [3.63, 3.8) is 0 Å². The first-order valence-corrected chi connectivity index (χ1v) is 30.4. The van der Waals surface area contributed by atoms with E-state index in [1.165, 1.54) is 31.4 Å². The van der Waals surface area contributed by atoms with Gasteiger partial charge in [0.05, 0.1) is 54.7 Å². The Morgan fingerprint density at radius 2 is 1.05 bits per heavy atom. The number of aromatic nitrogens is 1. The van der Waals surface area contributed by atoms with Crippen LogP contribution in [0.1, 0.15) is 154 Å². The minimum atomic E-state index is -0.375. The van der Waals surface area contributed by atoms with E-state index in [1.807, 2.05) is 23.2 Å². The molecule has 0 radical (unpaired) electrons. The van der Waals surface area contributed by atoms with Gasteiger partial charge in [-0.3, -0.25) is 19.2 Å². The number of carbonyl (C=O) groups excluding carboxylic acids is 6. The first-order chi connectivity index (χ1) is 41.1. The number of rotatable bonds is 34. The van der Waals surface area contributed by atoms with E-state index >= 15 is 0 Å². The predicted octanol–water partition coefficient (Wildman–Crippen LogP) is 14.5. The number of hydrogen-bond donors (Lipinski definition) is 0. The second-order valence-corrected chi connectivity index (χ2v) is 21.3. The highest BCUT2D eigenvalue weighted by Gasteiger charge is 2.26. The maximum atomic E-state index is 13.1. The van der Waals surface area contributed by atoms with Gasteiger partial charge in [0.1, 0.15) is 34.5 Å². The number of ether oxygens (including phenoxy) is 8. The molecule has 0 bridgehead atoms. The summed E-state index contributed by atoms with van der Waals surface area (Å²) in [6.07, 6.45) is 26.1. The number of carbonyl (C=O) groups is 6. The summed E-state index contributed by atoms with van der Waals surface area (Å²) in [7, 11) is 0. The molecule has 0 aliphatic heterocycles. The van der Waals surface area contributed by atoms with Crippen molar-refractivity contribution in [2.24, 2.45) is 16.9 Å². The Labute approximate surface area is 498 Å². The van der Waals surface area contributed by atoms with Gasteiger partial charge in [0.25, 0.3) is 12.9 Å². The van der Waals surface area contributed by atoms with E-state index < -0.39 is 0 Å². The summed E-state index contributed by atoms with van der Waals surface area (Å²) in [6, 6.07) is 27.1. The van der Waals surface area contributed by atoms with E-state index in [1.54, 1.807) is 84.3 Å². The van der Waals surface area contributed by atoms with Gasteiger partial charge in [-0.1, -0.05) is 101 Å². The first-order valence-electron chi connectivity index (χ1n) is 29.6. The lowest BCUT2D eigenvalue weighted by Crippen LogP contribution is -2.24. The maximum Gasteiger partial charge on any atom is 0.330 e. The fraction of sp³-hybridized carbons (Fsp3) is 0.455. The van der Waals surface area contributed by atoms with Gasteiger partial charge >= 0.3 is 23.9 Å². The molecule has 452 valence electrons. The number of esters is 4. The predicted molar refractivity (Wildman–Crippen MR) is 326 cm³/mol. The number of hydrogen-bond acceptors (Lipinski definition) is 18. The van der Waals surface area contributed by atoms with Crippen LogP contribution in [0.3, 0.4) is 0 Å². The van der Waals surface area contributed by atoms with Crippen molar-refractivity contribution in [2.75, 3.05) is 38.0 Å². The largest absolute Gasteiger partial charge is 0.494 e. The molecule has 0 N–H and O–H groups in total. The van der Waals surface area contributed by atoms with Crippen LogP contribution >= 0.6 is 11.3 Å². The van der Waals surface area contributed by atoms with Gasteiger partial charge in [-0.2, -0.15) is 5.10 Å². The van der Waals surface area contributed by atoms with Crippen LogP contribution in [0.25, 0.3) is 10.2 Å². The fourth-order valence-electron chi connectivity index (χ4n) is 9.14. The van der Waals surface area contributed by atoms with E-state index in [0.717, 1.165) is 155 Å². The molecule has 0 saturated heterocycles. The smallest absolute Gasteiger partial charge is 0.330 e. The van der Waals surface area contributed by atoms with Gasteiger partial charge in [-0.25, -0.2) is 19.6 Å². The summed E-state index contributed by atoms with van der Waals surface area (Å²) in [6.45, 7) is 12.5. The molecule has 18 heteroatoms. The molecule has 7 rings (SSSR count). The Morgan fingerprint density at radius 3 is 1.55 bits per heavy atom. The Hall–Kier alpha value is -7.86. The number of hydrazone groups is 1. The SMILES string of the molecule is C=CC(=O)OCCCCCCOc1ccc(OC=O)cc1.C=CC(=O)OCCCCCCOc1ccc(OC=O)cc1.CCCCCCN(/N=C\c1cc(OC(=O)C2CCCCC2)ccc1OC(=O)C1CCCCC1)c1nc2ccccc2s1.